The van der Waals surface area contributed by atoms with E-state index in [1.54, 1.807) is 19.9 Å². The third-order valence-electron chi connectivity index (χ3n) is 4.00. The molecule has 1 unspecified atom stereocenters. The van der Waals surface area contributed by atoms with Gasteiger partial charge in [-0.3, -0.25) is 9.59 Å². The van der Waals surface area contributed by atoms with Gasteiger partial charge in [0.25, 0.3) is 11.8 Å². The number of nitrogens with one attached hydrogen (secondary N) is 1. The summed E-state index contributed by atoms with van der Waals surface area (Å²) in [6, 6.07) is 10.2. The number of rotatable bonds is 5. The summed E-state index contributed by atoms with van der Waals surface area (Å²) < 4.78 is 10.1. The van der Waals surface area contributed by atoms with Crippen LogP contribution in [-0.2, 0) is 9.53 Å². The zero-order chi connectivity index (χ0) is 18.0. The van der Waals surface area contributed by atoms with Crippen LogP contribution in [0.4, 0.5) is 4.79 Å². The minimum absolute atomic E-state index is 0.00327. The molecule has 25 heavy (non-hydrogen) atoms. The van der Waals surface area contributed by atoms with Gasteiger partial charge in [-0.1, -0.05) is 30.3 Å². The highest BCUT2D eigenvalue weighted by atomic mass is 16.6. The number of imide groups is 1. The Kier molecular flexibility index (Phi) is 4.56. The van der Waals surface area contributed by atoms with Gasteiger partial charge in [0.15, 0.2) is 6.61 Å². The van der Waals surface area contributed by atoms with E-state index < -0.39 is 18.0 Å². The zero-order valence-electron chi connectivity index (χ0n) is 13.9. The van der Waals surface area contributed by atoms with Crippen molar-refractivity contribution in [3.63, 3.8) is 0 Å². The van der Waals surface area contributed by atoms with Gasteiger partial charge in [-0.25, -0.2) is 9.69 Å². The first-order chi connectivity index (χ1) is 12.0. The van der Waals surface area contributed by atoms with E-state index >= 15 is 0 Å². The summed E-state index contributed by atoms with van der Waals surface area (Å²) in [6.45, 7) is 3.20. The molecule has 1 aliphatic rings. The number of aryl methyl sites for hydroxylation is 2. The van der Waals surface area contributed by atoms with Crippen LogP contribution in [-0.4, -0.2) is 36.0 Å². The molecule has 0 aliphatic carbocycles. The molecule has 0 saturated carbocycles. The van der Waals surface area contributed by atoms with Gasteiger partial charge in [-0.05, 0) is 25.5 Å². The Hall–Kier alpha value is -3.09. The summed E-state index contributed by atoms with van der Waals surface area (Å²) in [5.74, 6) is 0.398. The molecule has 1 aliphatic heterocycles. The fraction of sp³-hybridized carbons (Fsp3) is 0.278. The number of ether oxygens (including phenoxy) is 1. The smallest absolute Gasteiger partial charge is 0.417 e. The third kappa shape index (κ3) is 3.55. The molecule has 3 rings (SSSR count). The number of hydrogen-bond donors (Lipinski definition) is 1. The van der Waals surface area contributed by atoms with Crippen molar-refractivity contribution in [1.82, 2.24) is 10.2 Å². The highest BCUT2D eigenvalue weighted by Gasteiger charge is 2.34. The van der Waals surface area contributed by atoms with E-state index in [-0.39, 0.29) is 19.1 Å². The van der Waals surface area contributed by atoms with Gasteiger partial charge in [-0.15, -0.1) is 0 Å². The molecule has 0 bridgehead atoms. The van der Waals surface area contributed by atoms with Gasteiger partial charge in [-0.2, -0.15) is 0 Å². The maximum Gasteiger partial charge on any atom is 0.417 e. The maximum absolute atomic E-state index is 12.6. The van der Waals surface area contributed by atoms with Crippen molar-refractivity contribution in [3.05, 3.63) is 59.0 Å². The fourth-order valence-electron chi connectivity index (χ4n) is 2.75. The molecule has 0 spiro atoms. The van der Waals surface area contributed by atoms with E-state index in [9.17, 15) is 14.4 Å². The normalized spacial score (nSPS) is 15.2. The summed E-state index contributed by atoms with van der Waals surface area (Å²) >= 11 is 0. The molecule has 1 aromatic heterocycles. The highest BCUT2D eigenvalue weighted by molar-refractivity contribution is 5.98. The number of amides is 3. The van der Waals surface area contributed by atoms with Crippen LogP contribution in [0.25, 0.3) is 0 Å². The molecule has 0 radical (unpaired) electrons. The zero-order valence-corrected chi connectivity index (χ0v) is 13.9. The van der Waals surface area contributed by atoms with E-state index in [4.69, 9.17) is 9.15 Å². The SMILES string of the molecule is Cc1cc(C(=O)NC(CN2C(=O)COC2=O)c2ccccc2)c(C)o1. The van der Waals surface area contributed by atoms with Crippen LogP contribution in [0.15, 0.2) is 40.8 Å². The largest absolute Gasteiger partial charge is 0.466 e. The van der Waals surface area contributed by atoms with Crippen molar-refractivity contribution < 1.29 is 23.5 Å². The summed E-state index contributed by atoms with van der Waals surface area (Å²) in [7, 11) is 0. The number of furan rings is 1. The van der Waals surface area contributed by atoms with Crippen LogP contribution in [0.5, 0.6) is 0 Å². The molecule has 2 heterocycles. The van der Waals surface area contributed by atoms with Gasteiger partial charge in [0.05, 0.1) is 18.2 Å². The molecule has 3 amide bonds. The topological polar surface area (TPSA) is 88.9 Å². The Bertz CT molecular complexity index is 796. The van der Waals surface area contributed by atoms with Crippen molar-refractivity contribution >= 4 is 17.9 Å². The van der Waals surface area contributed by atoms with Gasteiger partial charge in [0.2, 0.25) is 0 Å². The molecule has 1 fully saturated rings. The van der Waals surface area contributed by atoms with Crippen molar-refractivity contribution in [2.45, 2.75) is 19.9 Å². The lowest BCUT2D eigenvalue weighted by atomic mass is 10.1. The molecule has 1 atom stereocenters. The first-order valence-corrected chi connectivity index (χ1v) is 7.85. The Morgan fingerprint density at radius 1 is 1.24 bits per heavy atom. The lowest BCUT2D eigenvalue weighted by molar-refractivity contribution is -0.126. The van der Waals surface area contributed by atoms with E-state index in [0.717, 1.165) is 10.5 Å². The molecule has 1 N–H and O–H groups in total. The second kappa shape index (κ2) is 6.80. The van der Waals surface area contributed by atoms with Gasteiger partial charge >= 0.3 is 6.09 Å². The van der Waals surface area contributed by atoms with Crippen LogP contribution in [0.1, 0.15) is 33.5 Å². The molecule has 1 saturated heterocycles. The van der Waals surface area contributed by atoms with Crippen LogP contribution in [0.3, 0.4) is 0 Å². The lowest BCUT2D eigenvalue weighted by Gasteiger charge is -2.22. The second-order valence-electron chi connectivity index (χ2n) is 5.82. The van der Waals surface area contributed by atoms with Gasteiger partial charge in [0, 0.05) is 0 Å². The Balaban J connectivity index is 1.84. The molecule has 130 valence electrons. The van der Waals surface area contributed by atoms with E-state index in [1.807, 2.05) is 30.3 Å². The fourth-order valence-corrected chi connectivity index (χ4v) is 2.75. The molecule has 7 nitrogen and oxygen atoms in total. The lowest BCUT2D eigenvalue weighted by Crippen LogP contribution is -2.40. The predicted octanol–water partition coefficient (Wildman–Crippen LogP) is 2.35. The van der Waals surface area contributed by atoms with Crippen LogP contribution in [0, 0.1) is 13.8 Å². The summed E-state index contributed by atoms with van der Waals surface area (Å²) in [4.78, 5) is 37.2. The van der Waals surface area contributed by atoms with Crippen molar-refractivity contribution in [3.8, 4) is 0 Å². The summed E-state index contributed by atoms with van der Waals surface area (Å²) in [5, 5.41) is 2.87. The number of benzene rings is 1. The molecular weight excluding hydrogens is 324 g/mol. The number of nitrogens with zero attached hydrogens (tertiary/aromatic N) is 1. The van der Waals surface area contributed by atoms with Crippen LogP contribution >= 0.6 is 0 Å². The molecular formula is C18H18N2O5. The average molecular weight is 342 g/mol. The number of hydrogen-bond acceptors (Lipinski definition) is 5. The Labute approximate surface area is 144 Å². The van der Waals surface area contributed by atoms with E-state index in [0.29, 0.717) is 17.1 Å². The average Bonchev–Trinajstić information content (AvgIpc) is 3.10. The number of carbonyl (C=O) groups excluding carboxylic acids is 3. The molecule has 1 aromatic carbocycles. The number of cyclic esters (lactones) is 1. The van der Waals surface area contributed by atoms with Crippen molar-refractivity contribution in [2.75, 3.05) is 13.2 Å². The number of carbonyl (C=O) groups is 3. The first kappa shape index (κ1) is 16.8. The monoisotopic (exact) mass is 342 g/mol. The second-order valence-corrected chi connectivity index (χ2v) is 5.82. The molecule has 2 aromatic rings. The minimum Gasteiger partial charge on any atom is -0.466 e. The summed E-state index contributed by atoms with van der Waals surface area (Å²) in [6.07, 6.45) is -0.699. The predicted molar refractivity (Wildman–Crippen MR) is 87.9 cm³/mol. The van der Waals surface area contributed by atoms with Gasteiger partial charge < -0.3 is 14.5 Å². The molecule has 7 heteroatoms. The Morgan fingerprint density at radius 3 is 2.52 bits per heavy atom. The maximum atomic E-state index is 12.6. The van der Waals surface area contributed by atoms with Crippen molar-refractivity contribution in [2.24, 2.45) is 0 Å². The third-order valence-corrected chi connectivity index (χ3v) is 4.00. The van der Waals surface area contributed by atoms with Gasteiger partial charge in [0.1, 0.15) is 11.5 Å². The summed E-state index contributed by atoms with van der Waals surface area (Å²) in [5.41, 5.74) is 1.20. The minimum atomic E-state index is -0.699. The standard InChI is InChI=1S/C18H18N2O5/c1-11-8-14(12(2)25-11)17(22)19-15(13-6-4-3-5-7-13)9-20-16(21)10-24-18(20)23/h3-8,15H,9-10H2,1-2H3,(H,19,22). The Morgan fingerprint density at radius 2 is 1.96 bits per heavy atom. The van der Waals surface area contributed by atoms with Crippen LogP contribution < -0.4 is 5.32 Å². The highest BCUT2D eigenvalue weighted by Crippen LogP contribution is 2.20. The van der Waals surface area contributed by atoms with Crippen LogP contribution in [0.2, 0.25) is 0 Å². The first-order valence-electron chi connectivity index (χ1n) is 7.85. The van der Waals surface area contributed by atoms with E-state index in [2.05, 4.69) is 5.32 Å². The van der Waals surface area contributed by atoms with Crippen molar-refractivity contribution in [1.29, 1.82) is 0 Å². The van der Waals surface area contributed by atoms with E-state index in [1.165, 1.54) is 0 Å². The quantitative estimate of drug-likeness (QED) is 0.901.